The highest BCUT2D eigenvalue weighted by Gasteiger charge is 2.47. The Morgan fingerprint density at radius 1 is 0.977 bits per heavy atom. The number of furan rings is 1. The number of rotatable bonds is 8. The number of carbonyl (C=O) groups excluding carboxylic acids is 2. The minimum atomic E-state index is -1.10. The molecule has 2 N–H and O–H groups in total. The number of methoxy groups -OCH3 is 1. The van der Waals surface area contributed by atoms with Gasteiger partial charge in [0.05, 0.1) is 18.7 Å². The molecular weight excluding hydrogens is 599 g/mol. The second kappa shape index (κ2) is 11.2. The second-order valence-electron chi connectivity index (χ2n) is 10.0. The van der Waals surface area contributed by atoms with Gasteiger partial charge in [0.1, 0.15) is 5.75 Å². The van der Waals surface area contributed by atoms with Crippen molar-refractivity contribution in [3.63, 3.8) is 0 Å². The number of ether oxygens (including phenoxy) is 1. The minimum absolute atomic E-state index is 0.0647. The predicted octanol–water partition coefficient (Wildman–Crippen LogP) is 7.23. The zero-order chi connectivity index (χ0) is 30.4. The van der Waals surface area contributed by atoms with Crippen molar-refractivity contribution in [3.8, 4) is 11.5 Å². The quantitative estimate of drug-likeness (QED) is 0.103. The van der Waals surface area contributed by atoms with Crippen LogP contribution in [0.1, 0.15) is 27.7 Å². The molecule has 0 radical (unpaired) electrons. The number of phenolic OH excluding ortho intramolecular Hbond substituents is 1. The maximum absolute atomic E-state index is 14.0. The summed E-state index contributed by atoms with van der Waals surface area (Å²) in [5.74, 6) is -1.29. The standard InChI is InChI=1S/C33H23N3O6S2/c1-41-24-14-6-10-20-16-25(42-30(20)24)28(38)26-27(19-9-5-12-22(37)15-19)36(31(40)29(26)39)32-34-35-33(44-32)43-17-21-11-4-8-18-7-2-3-13-23(18)21/h2-16,27,37,39H,17H2,1H3. The number of thioether (sulfide) groups is 1. The van der Waals surface area contributed by atoms with Crippen LogP contribution in [0, 0.1) is 0 Å². The SMILES string of the molecule is COc1cccc2cc(C(=O)C3=C(O)C(=O)N(c4nnc(SCc5cccc6ccccc56)s4)C3c3cccc(O)c3)oc12. The molecule has 1 aliphatic rings. The number of hydrogen-bond acceptors (Lipinski definition) is 10. The largest absolute Gasteiger partial charge is 0.508 e. The molecule has 9 nitrogen and oxygen atoms in total. The first-order valence-electron chi connectivity index (χ1n) is 13.5. The lowest BCUT2D eigenvalue weighted by Crippen LogP contribution is -2.31. The van der Waals surface area contributed by atoms with Gasteiger partial charge in [-0.25, -0.2) is 0 Å². The molecule has 1 atom stereocenters. The molecule has 0 aliphatic carbocycles. The van der Waals surface area contributed by atoms with Gasteiger partial charge in [0, 0.05) is 11.1 Å². The number of fused-ring (bicyclic) bond motifs is 2. The highest BCUT2D eigenvalue weighted by molar-refractivity contribution is 8.00. The molecule has 0 fully saturated rings. The van der Waals surface area contributed by atoms with E-state index in [0.717, 1.165) is 16.3 Å². The van der Waals surface area contributed by atoms with Crippen LogP contribution in [-0.4, -0.2) is 39.2 Å². The number of carbonyl (C=O) groups is 2. The molecule has 11 heteroatoms. The van der Waals surface area contributed by atoms with E-state index in [-0.39, 0.29) is 22.2 Å². The number of phenols is 1. The zero-order valence-electron chi connectivity index (χ0n) is 23.1. The van der Waals surface area contributed by atoms with Crippen molar-refractivity contribution in [1.29, 1.82) is 0 Å². The monoisotopic (exact) mass is 621 g/mol. The Labute approximate surface area is 259 Å². The third-order valence-corrected chi connectivity index (χ3v) is 9.53. The summed E-state index contributed by atoms with van der Waals surface area (Å²) in [5.41, 5.74) is 1.71. The van der Waals surface area contributed by atoms with E-state index in [1.54, 1.807) is 36.4 Å². The third-order valence-electron chi connectivity index (χ3n) is 7.42. The van der Waals surface area contributed by atoms with Crippen molar-refractivity contribution >= 4 is 61.7 Å². The van der Waals surface area contributed by atoms with Gasteiger partial charge in [0.15, 0.2) is 27.2 Å². The lowest BCUT2D eigenvalue weighted by molar-refractivity contribution is -0.117. The smallest absolute Gasteiger partial charge is 0.296 e. The third kappa shape index (κ3) is 4.76. The fraction of sp³-hybridized carbons (Fsp3) is 0.0909. The van der Waals surface area contributed by atoms with Gasteiger partial charge in [-0.1, -0.05) is 89.8 Å². The average Bonchev–Trinajstić information content (AvgIpc) is 3.76. The number of ketones is 1. The van der Waals surface area contributed by atoms with E-state index in [1.807, 2.05) is 18.2 Å². The maximum atomic E-state index is 14.0. The molecule has 6 aromatic rings. The Morgan fingerprint density at radius 3 is 2.59 bits per heavy atom. The normalized spacial score (nSPS) is 15.1. The molecule has 1 amide bonds. The number of benzene rings is 4. The van der Waals surface area contributed by atoms with Crippen molar-refractivity contribution in [3.05, 3.63) is 119 Å². The summed E-state index contributed by atoms with van der Waals surface area (Å²) < 4.78 is 11.8. The summed E-state index contributed by atoms with van der Waals surface area (Å²) in [6.45, 7) is 0. The predicted molar refractivity (Wildman–Crippen MR) is 169 cm³/mol. The number of hydrogen-bond donors (Lipinski definition) is 2. The van der Waals surface area contributed by atoms with Crippen molar-refractivity contribution in [2.45, 2.75) is 16.1 Å². The molecule has 0 spiro atoms. The summed E-state index contributed by atoms with van der Waals surface area (Å²) in [4.78, 5) is 28.8. The average molecular weight is 622 g/mol. The van der Waals surface area contributed by atoms with Gasteiger partial charge < -0.3 is 19.4 Å². The lowest BCUT2D eigenvalue weighted by Gasteiger charge is -2.23. The van der Waals surface area contributed by atoms with E-state index in [0.29, 0.717) is 32.4 Å². The van der Waals surface area contributed by atoms with E-state index in [1.165, 1.54) is 47.2 Å². The number of aromatic nitrogens is 2. The van der Waals surface area contributed by atoms with E-state index in [9.17, 15) is 19.8 Å². The van der Waals surface area contributed by atoms with Crippen LogP contribution in [0.3, 0.4) is 0 Å². The van der Waals surface area contributed by atoms with Crippen molar-refractivity contribution < 1.29 is 29.0 Å². The van der Waals surface area contributed by atoms with Crippen LogP contribution in [0.25, 0.3) is 21.7 Å². The molecule has 1 aliphatic heterocycles. The van der Waals surface area contributed by atoms with Crippen LogP contribution in [0.15, 0.2) is 111 Å². The number of nitrogens with zero attached hydrogens (tertiary/aromatic N) is 3. The van der Waals surface area contributed by atoms with Crippen LogP contribution in [-0.2, 0) is 10.5 Å². The van der Waals surface area contributed by atoms with E-state index >= 15 is 0 Å². The first-order valence-corrected chi connectivity index (χ1v) is 15.3. The fourth-order valence-electron chi connectivity index (χ4n) is 5.40. The molecule has 1 unspecified atom stereocenters. The zero-order valence-corrected chi connectivity index (χ0v) is 24.8. The number of para-hydroxylation sites is 1. The molecule has 44 heavy (non-hydrogen) atoms. The molecule has 0 bridgehead atoms. The van der Waals surface area contributed by atoms with Crippen molar-refractivity contribution in [1.82, 2.24) is 10.2 Å². The van der Waals surface area contributed by atoms with Crippen molar-refractivity contribution in [2.24, 2.45) is 0 Å². The Morgan fingerprint density at radius 2 is 1.75 bits per heavy atom. The molecule has 0 saturated heterocycles. The Kier molecular flexibility index (Phi) is 7.03. The summed E-state index contributed by atoms with van der Waals surface area (Å²) in [6.07, 6.45) is 0. The fourth-order valence-corrected chi connectivity index (χ4v) is 7.27. The van der Waals surface area contributed by atoms with Gasteiger partial charge >= 0.3 is 0 Å². The number of aliphatic hydroxyl groups is 1. The van der Waals surface area contributed by atoms with Crippen LogP contribution in [0.5, 0.6) is 11.5 Å². The highest BCUT2D eigenvalue weighted by atomic mass is 32.2. The molecule has 7 rings (SSSR count). The van der Waals surface area contributed by atoms with E-state index in [4.69, 9.17) is 9.15 Å². The first-order chi connectivity index (χ1) is 21.4. The number of aliphatic hydroxyl groups excluding tert-OH is 1. The lowest BCUT2D eigenvalue weighted by atomic mass is 9.95. The van der Waals surface area contributed by atoms with Gasteiger partial charge in [-0.05, 0) is 46.2 Å². The summed E-state index contributed by atoms with van der Waals surface area (Å²) in [6, 6.07) is 26.1. The number of Topliss-reactive ketones (excluding diaryl/α,β-unsaturated/α-hetero) is 1. The molecule has 0 saturated carbocycles. The second-order valence-corrected chi connectivity index (χ2v) is 12.2. The van der Waals surface area contributed by atoms with Gasteiger partial charge in [-0.3, -0.25) is 14.5 Å². The highest BCUT2D eigenvalue weighted by Crippen LogP contribution is 2.45. The molecule has 218 valence electrons. The van der Waals surface area contributed by atoms with Crippen LogP contribution < -0.4 is 9.64 Å². The summed E-state index contributed by atoms with van der Waals surface area (Å²) in [5, 5.41) is 33.1. The number of aromatic hydroxyl groups is 1. The van der Waals surface area contributed by atoms with Gasteiger partial charge in [-0.2, -0.15) is 0 Å². The molecule has 4 aromatic carbocycles. The van der Waals surface area contributed by atoms with E-state index in [2.05, 4.69) is 34.5 Å². The Bertz CT molecular complexity index is 2110. The van der Waals surface area contributed by atoms with Crippen molar-refractivity contribution in [2.75, 3.05) is 12.0 Å². The van der Waals surface area contributed by atoms with Gasteiger partial charge in [0.2, 0.25) is 10.9 Å². The van der Waals surface area contributed by atoms with E-state index < -0.39 is 23.5 Å². The molecular formula is C33H23N3O6S2. The minimum Gasteiger partial charge on any atom is -0.508 e. The van der Waals surface area contributed by atoms with Crippen LogP contribution in [0.4, 0.5) is 5.13 Å². The maximum Gasteiger partial charge on any atom is 0.296 e. The van der Waals surface area contributed by atoms with Crippen LogP contribution >= 0.6 is 23.1 Å². The Hall–Kier alpha value is -5.13. The van der Waals surface area contributed by atoms with Gasteiger partial charge in [-0.15, -0.1) is 10.2 Å². The topological polar surface area (TPSA) is 126 Å². The number of amides is 1. The molecule has 3 heterocycles. The number of anilines is 1. The van der Waals surface area contributed by atoms with Crippen LogP contribution in [0.2, 0.25) is 0 Å². The first kappa shape index (κ1) is 27.7. The molecule has 2 aromatic heterocycles. The van der Waals surface area contributed by atoms with Gasteiger partial charge in [0.25, 0.3) is 5.91 Å². The summed E-state index contributed by atoms with van der Waals surface area (Å²) >= 11 is 2.65. The Balaban J connectivity index is 1.24. The summed E-state index contributed by atoms with van der Waals surface area (Å²) in [7, 11) is 1.50.